The smallest absolute Gasteiger partial charge is 0.143 e. The number of hydrogen-bond acceptors (Lipinski definition) is 4. The van der Waals surface area contributed by atoms with Crippen LogP contribution in [0.5, 0.6) is 0 Å². The quantitative estimate of drug-likeness (QED) is 0.946. The van der Waals surface area contributed by atoms with Crippen molar-refractivity contribution >= 4 is 38.8 Å². The molecule has 0 atom stereocenters. The van der Waals surface area contributed by atoms with Crippen LogP contribution in [-0.4, -0.2) is 12.0 Å². The van der Waals surface area contributed by atoms with Crippen molar-refractivity contribution in [2.45, 2.75) is 6.54 Å². The van der Waals surface area contributed by atoms with E-state index >= 15 is 0 Å². The van der Waals surface area contributed by atoms with E-state index in [1.165, 1.54) is 5.56 Å². The highest BCUT2D eigenvalue weighted by Crippen LogP contribution is 2.25. The number of rotatable bonds is 3. The molecule has 3 nitrogen and oxygen atoms in total. The topological polar surface area (TPSA) is 42.2 Å². The van der Waals surface area contributed by atoms with Crippen molar-refractivity contribution in [2.24, 2.45) is 0 Å². The molecule has 0 aliphatic heterocycles. The molecule has 0 fully saturated rings. The SMILES string of the molecule is CN(Cc1ccsc1)c1ncc(N)cc1Br. The van der Waals surface area contributed by atoms with Crippen molar-refractivity contribution < 1.29 is 0 Å². The summed E-state index contributed by atoms with van der Waals surface area (Å²) in [5.74, 6) is 0.903. The predicted molar refractivity (Wildman–Crippen MR) is 72.8 cm³/mol. The summed E-state index contributed by atoms with van der Waals surface area (Å²) in [6.07, 6.45) is 1.67. The number of pyridine rings is 1. The summed E-state index contributed by atoms with van der Waals surface area (Å²) in [7, 11) is 2.01. The maximum absolute atomic E-state index is 5.65. The summed E-state index contributed by atoms with van der Waals surface area (Å²) >= 11 is 5.17. The third-order valence-electron chi connectivity index (χ3n) is 2.20. The van der Waals surface area contributed by atoms with Crippen LogP contribution in [0, 0.1) is 0 Å². The van der Waals surface area contributed by atoms with Gasteiger partial charge in [-0.2, -0.15) is 11.3 Å². The van der Waals surface area contributed by atoms with Crippen molar-refractivity contribution in [3.63, 3.8) is 0 Å². The van der Waals surface area contributed by atoms with Crippen molar-refractivity contribution in [1.29, 1.82) is 0 Å². The molecule has 0 saturated carbocycles. The summed E-state index contributed by atoms with van der Waals surface area (Å²) in [6, 6.07) is 3.98. The van der Waals surface area contributed by atoms with Crippen LogP contribution in [0.25, 0.3) is 0 Å². The maximum atomic E-state index is 5.65. The lowest BCUT2D eigenvalue weighted by atomic mass is 10.3. The van der Waals surface area contributed by atoms with Crippen LogP contribution >= 0.6 is 27.3 Å². The Hall–Kier alpha value is -1.07. The Kier molecular flexibility index (Phi) is 3.46. The molecule has 2 rings (SSSR count). The van der Waals surface area contributed by atoms with Gasteiger partial charge in [-0.3, -0.25) is 0 Å². The molecule has 16 heavy (non-hydrogen) atoms. The molecule has 0 spiro atoms. The van der Waals surface area contributed by atoms with Gasteiger partial charge in [0.05, 0.1) is 16.4 Å². The molecule has 0 unspecified atom stereocenters. The first kappa shape index (κ1) is 11.4. The van der Waals surface area contributed by atoms with Crippen molar-refractivity contribution in [3.8, 4) is 0 Å². The van der Waals surface area contributed by atoms with E-state index in [1.54, 1.807) is 17.5 Å². The van der Waals surface area contributed by atoms with E-state index in [4.69, 9.17) is 5.73 Å². The van der Waals surface area contributed by atoms with Gasteiger partial charge in [-0.05, 0) is 44.4 Å². The Morgan fingerprint density at radius 1 is 1.56 bits per heavy atom. The molecule has 84 valence electrons. The van der Waals surface area contributed by atoms with E-state index in [9.17, 15) is 0 Å². The standard InChI is InChI=1S/C11H12BrN3S/c1-15(6-8-2-3-16-7-8)11-10(12)4-9(13)5-14-11/h2-5,7H,6,13H2,1H3. The number of halogens is 1. The molecule has 0 amide bonds. The molecular formula is C11H12BrN3S. The Labute approximate surface area is 107 Å². The molecule has 5 heteroatoms. The summed E-state index contributed by atoms with van der Waals surface area (Å²) < 4.78 is 0.922. The van der Waals surface area contributed by atoms with Gasteiger partial charge in [0, 0.05) is 13.6 Å². The molecule has 0 bridgehead atoms. The fourth-order valence-electron chi connectivity index (χ4n) is 1.46. The maximum Gasteiger partial charge on any atom is 0.143 e. The van der Waals surface area contributed by atoms with Crippen LogP contribution in [0.4, 0.5) is 11.5 Å². The van der Waals surface area contributed by atoms with E-state index in [0.29, 0.717) is 5.69 Å². The molecular weight excluding hydrogens is 286 g/mol. The minimum absolute atomic E-state index is 0.666. The highest BCUT2D eigenvalue weighted by molar-refractivity contribution is 9.10. The number of hydrogen-bond donors (Lipinski definition) is 1. The molecule has 0 aliphatic carbocycles. The van der Waals surface area contributed by atoms with Crippen LogP contribution in [0.2, 0.25) is 0 Å². The average Bonchev–Trinajstić information content (AvgIpc) is 2.70. The Morgan fingerprint density at radius 2 is 2.38 bits per heavy atom. The molecule has 0 aliphatic rings. The summed E-state index contributed by atoms with van der Waals surface area (Å²) in [4.78, 5) is 6.40. The number of nitrogens with zero attached hydrogens (tertiary/aromatic N) is 2. The van der Waals surface area contributed by atoms with E-state index in [2.05, 4.69) is 42.6 Å². The lowest BCUT2D eigenvalue weighted by Gasteiger charge is -2.18. The molecule has 2 aromatic heterocycles. The van der Waals surface area contributed by atoms with Gasteiger partial charge in [0.2, 0.25) is 0 Å². The van der Waals surface area contributed by atoms with Gasteiger partial charge in [0.1, 0.15) is 5.82 Å². The Morgan fingerprint density at radius 3 is 3.00 bits per heavy atom. The third kappa shape index (κ3) is 2.54. The molecule has 2 aromatic rings. The van der Waals surface area contributed by atoms with E-state index in [1.807, 2.05) is 13.1 Å². The monoisotopic (exact) mass is 297 g/mol. The van der Waals surface area contributed by atoms with E-state index < -0.39 is 0 Å². The van der Waals surface area contributed by atoms with Crippen LogP contribution in [0.15, 0.2) is 33.6 Å². The average molecular weight is 298 g/mol. The molecule has 0 saturated heterocycles. The fourth-order valence-corrected chi connectivity index (χ4v) is 2.79. The first-order valence-electron chi connectivity index (χ1n) is 4.80. The molecule has 0 radical (unpaired) electrons. The lowest BCUT2D eigenvalue weighted by Crippen LogP contribution is -2.17. The zero-order valence-corrected chi connectivity index (χ0v) is 11.3. The zero-order chi connectivity index (χ0) is 11.5. The van der Waals surface area contributed by atoms with Crippen LogP contribution < -0.4 is 10.6 Å². The van der Waals surface area contributed by atoms with Crippen LogP contribution in [0.3, 0.4) is 0 Å². The van der Waals surface area contributed by atoms with Crippen molar-refractivity contribution in [2.75, 3.05) is 17.7 Å². The van der Waals surface area contributed by atoms with Gasteiger partial charge in [0.15, 0.2) is 0 Å². The van der Waals surface area contributed by atoms with Gasteiger partial charge < -0.3 is 10.6 Å². The van der Waals surface area contributed by atoms with Crippen LogP contribution in [-0.2, 0) is 6.54 Å². The van der Waals surface area contributed by atoms with Gasteiger partial charge in [-0.25, -0.2) is 4.98 Å². The largest absolute Gasteiger partial charge is 0.397 e. The normalized spacial score (nSPS) is 10.4. The van der Waals surface area contributed by atoms with Gasteiger partial charge in [-0.1, -0.05) is 0 Å². The minimum atomic E-state index is 0.666. The molecule has 0 aromatic carbocycles. The molecule has 2 N–H and O–H groups in total. The Bertz CT molecular complexity index is 470. The van der Waals surface area contributed by atoms with Gasteiger partial charge in [0.25, 0.3) is 0 Å². The molecule has 2 heterocycles. The second-order valence-corrected chi connectivity index (χ2v) is 5.20. The van der Waals surface area contributed by atoms with Crippen molar-refractivity contribution in [1.82, 2.24) is 4.98 Å². The predicted octanol–water partition coefficient (Wildman–Crippen LogP) is 3.12. The number of thiophene rings is 1. The second-order valence-electron chi connectivity index (χ2n) is 3.56. The van der Waals surface area contributed by atoms with Gasteiger partial charge in [-0.15, -0.1) is 0 Å². The third-order valence-corrected chi connectivity index (χ3v) is 3.52. The number of nitrogen functional groups attached to an aromatic ring is 1. The zero-order valence-electron chi connectivity index (χ0n) is 8.85. The number of anilines is 2. The van der Waals surface area contributed by atoms with E-state index in [-0.39, 0.29) is 0 Å². The van der Waals surface area contributed by atoms with E-state index in [0.717, 1.165) is 16.8 Å². The van der Waals surface area contributed by atoms with Crippen molar-refractivity contribution in [3.05, 3.63) is 39.1 Å². The van der Waals surface area contributed by atoms with Gasteiger partial charge >= 0.3 is 0 Å². The number of nitrogens with two attached hydrogens (primary N) is 1. The first-order valence-corrected chi connectivity index (χ1v) is 6.53. The minimum Gasteiger partial charge on any atom is -0.397 e. The summed E-state index contributed by atoms with van der Waals surface area (Å²) in [5, 5.41) is 4.22. The summed E-state index contributed by atoms with van der Waals surface area (Å²) in [6.45, 7) is 0.846. The van der Waals surface area contributed by atoms with Crippen LogP contribution in [0.1, 0.15) is 5.56 Å². The second kappa shape index (κ2) is 4.84. The highest BCUT2D eigenvalue weighted by atomic mass is 79.9. The highest BCUT2D eigenvalue weighted by Gasteiger charge is 2.08. The summed E-state index contributed by atoms with van der Waals surface area (Å²) in [5.41, 5.74) is 7.61. The Balaban J connectivity index is 2.17. The first-order chi connectivity index (χ1) is 7.66. The number of aromatic nitrogens is 1. The fraction of sp³-hybridized carbons (Fsp3) is 0.182. The lowest BCUT2D eigenvalue weighted by molar-refractivity contribution is 0.898.